The molecule has 2 aromatic rings. The summed E-state index contributed by atoms with van der Waals surface area (Å²) in [6.45, 7) is 1.71. The van der Waals surface area contributed by atoms with E-state index in [2.05, 4.69) is 10.2 Å². The molecular formula is C11H9N3O5. The summed E-state index contributed by atoms with van der Waals surface area (Å²) in [4.78, 5) is 37.3. The van der Waals surface area contributed by atoms with E-state index in [4.69, 9.17) is 9.84 Å². The highest BCUT2D eigenvalue weighted by Gasteiger charge is 2.23. The van der Waals surface area contributed by atoms with Crippen LogP contribution in [0.25, 0.3) is 5.65 Å². The van der Waals surface area contributed by atoms with Crippen molar-refractivity contribution in [3.05, 3.63) is 34.5 Å². The normalized spacial score (nSPS) is 10.4. The third-order valence-electron chi connectivity index (χ3n) is 2.41. The molecule has 8 heteroatoms. The summed E-state index contributed by atoms with van der Waals surface area (Å²) in [6.07, 6.45) is 1.40. The minimum atomic E-state index is -1.22. The first-order valence-electron chi connectivity index (χ1n) is 5.35. The van der Waals surface area contributed by atoms with Crippen LogP contribution < -0.4 is 0 Å². The number of carboxylic acids is 1. The largest absolute Gasteiger partial charge is 0.478 e. The molecule has 19 heavy (non-hydrogen) atoms. The van der Waals surface area contributed by atoms with Crippen molar-refractivity contribution in [2.75, 3.05) is 6.61 Å². The number of carboxylic acid groups (broad SMARTS) is 1. The Bertz CT molecular complexity index is 676. The molecule has 0 aliphatic carbocycles. The molecule has 2 rings (SSSR count). The van der Waals surface area contributed by atoms with Crippen LogP contribution in [0, 0.1) is 4.91 Å². The van der Waals surface area contributed by atoms with Crippen molar-refractivity contribution >= 4 is 23.4 Å². The molecule has 0 unspecified atom stereocenters. The molecule has 2 heterocycles. The van der Waals surface area contributed by atoms with Crippen molar-refractivity contribution in [1.29, 1.82) is 0 Å². The number of imidazole rings is 1. The summed E-state index contributed by atoms with van der Waals surface area (Å²) < 4.78 is 5.88. The zero-order valence-electron chi connectivity index (χ0n) is 9.86. The minimum absolute atomic E-state index is 0.0346. The summed E-state index contributed by atoms with van der Waals surface area (Å²) >= 11 is 0. The first kappa shape index (κ1) is 12.7. The summed E-state index contributed by atoms with van der Waals surface area (Å²) in [7, 11) is 0. The van der Waals surface area contributed by atoms with Gasteiger partial charge in [0.1, 0.15) is 5.56 Å². The van der Waals surface area contributed by atoms with E-state index in [9.17, 15) is 14.5 Å². The molecule has 98 valence electrons. The number of hydrogen-bond acceptors (Lipinski definition) is 6. The smallest absolute Gasteiger partial charge is 0.361 e. The molecule has 1 N–H and O–H groups in total. The third-order valence-corrected chi connectivity index (χ3v) is 2.41. The van der Waals surface area contributed by atoms with Gasteiger partial charge in [-0.15, -0.1) is 4.91 Å². The van der Waals surface area contributed by atoms with Crippen LogP contribution in [0.1, 0.15) is 27.8 Å². The number of aromatic carboxylic acids is 1. The molecule has 0 aliphatic heterocycles. The van der Waals surface area contributed by atoms with Gasteiger partial charge in [0.2, 0.25) is 5.82 Å². The molecule has 0 atom stereocenters. The first-order chi connectivity index (χ1) is 9.10. The monoisotopic (exact) mass is 263 g/mol. The van der Waals surface area contributed by atoms with Gasteiger partial charge in [-0.2, -0.15) is 0 Å². The van der Waals surface area contributed by atoms with Crippen LogP contribution in [-0.2, 0) is 4.74 Å². The topological polar surface area (TPSA) is 110 Å². The Morgan fingerprint density at radius 3 is 2.84 bits per heavy atom. The number of pyridine rings is 1. The predicted octanol–water partition coefficient (Wildman–Crippen LogP) is 1.61. The second-order valence-corrected chi connectivity index (χ2v) is 3.52. The lowest BCUT2D eigenvalue weighted by Gasteiger charge is -1.98. The molecule has 0 radical (unpaired) electrons. The summed E-state index contributed by atoms with van der Waals surface area (Å²) in [6, 6.07) is 2.73. The van der Waals surface area contributed by atoms with Crippen LogP contribution in [0.2, 0.25) is 0 Å². The minimum Gasteiger partial charge on any atom is -0.478 e. The summed E-state index contributed by atoms with van der Waals surface area (Å²) in [5.74, 6) is -2.32. The standard InChI is InChI=1S/C11H9N3O5/c1-2-19-11(17)7-9(13-18)14-5-3-4-6(10(15)16)8(14)12-7/h3-5H,2H2,1H3,(H,15,16). The van der Waals surface area contributed by atoms with Crippen molar-refractivity contribution in [3.8, 4) is 0 Å². The second-order valence-electron chi connectivity index (χ2n) is 3.52. The zero-order valence-corrected chi connectivity index (χ0v) is 9.86. The molecule has 0 bridgehead atoms. The van der Waals surface area contributed by atoms with Gasteiger partial charge >= 0.3 is 11.9 Å². The number of rotatable bonds is 4. The number of esters is 1. The average molecular weight is 263 g/mol. The number of aromatic nitrogens is 2. The Hall–Kier alpha value is -2.77. The van der Waals surface area contributed by atoms with E-state index in [1.165, 1.54) is 18.3 Å². The lowest BCUT2D eigenvalue weighted by atomic mass is 10.3. The molecule has 8 nitrogen and oxygen atoms in total. The fraction of sp³-hybridized carbons (Fsp3) is 0.182. The van der Waals surface area contributed by atoms with Crippen LogP contribution in [0.3, 0.4) is 0 Å². The molecular weight excluding hydrogens is 254 g/mol. The van der Waals surface area contributed by atoms with Crippen LogP contribution >= 0.6 is 0 Å². The zero-order chi connectivity index (χ0) is 14.0. The van der Waals surface area contributed by atoms with Gasteiger partial charge in [-0.1, -0.05) is 0 Å². The summed E-state index contributed by atoms with van der Waals surface area (Å²) in [5, 5.41) is 11.7. The van der Waals surface area contributed by atoms with E-state index in [1.54, 1.807) is 6.92 Å². The van der Waals surface area contributed by atoms with E-state index in [1.807, 2.05) is 0 Å². The molecule has 0 saturated heterocycles. The van der Waals surface area contributed by atoms with Crippen LogP contribution in [0.4, 0.5) is 5.82 Å². The maximum atomic E-state index is 11.6. The molecule has 0 aromatic carbocycles. The van der Waals surface area contributed by atoms with Gasteiger partial charge in [-0.25, -0.2) is 14.6 Å². The van der Waals surface area contributed by atoms with Crippen molar-refractivity contribution in [2.24, 2.45) is 5.18 Å². The lowest BCUT2D eigenvalue weighted by Crippen LogP contribution is -2.05. The van der Waals surface area contributed by atoms with Crippen LogP contribution in [0.5, 0.6) is 0 Å². The Kier molecular flexibility index (Phi) is 3.23. The second kappa shape index (κ2) is 4.84. The van der Waals surface area contributed by atoms with Crippen molar-refractivity contribution in [1.82, 2.24) is 9.38 Å². The van der Waals surface area contributed by atoms with E-state index in [0.717, 1.165) is 4.40 Å². The molecule has 0 saturated carbocycles. The van der Waals surface area contributed by atoms with Gasteiger partial charge in [-0.3, -0.25) is 4.40 Å². The van der Waals surface area contributed by atoms with Gasteiger partial charge in [0.05, 0.1) is 6.61 Å². The first-order valence-corrected chi connectivity index (χ1v) is 5.35. The van der Waals surface area contributed by atoms with Gasteiger partial charge in [0.15, 0.2) is 11.3 Å². The lowest BCUT2D eigenvalue weighted by molar-refractivity contribution is 0.0520. The van der Waals surface area contributed by atoms with E-state index < -0.39 is 11.9 Å². The quantitative estimate of drug-likeness (QED) is 0.662. The van der Waals surface area contributed by atoms with E-state index in [0.29, 0.717) is 0 Å². The fourth-order valence-electron chi connectivity index (χ4n) is 1.65. The number of carbonyl (C=O) groups is 2. The molecule has 0 amide bonds. The SMILES string of the molecule is CCOC(=O)c1nc2c(C(=O)O)cccn2c1N=O. The van der Waals surface area contributed by atoms with Gasteiger partial charge < -0.3 is 9.84 Å². The number of carbonyl (C=O) groups excluding carboxylic acids is 1. The third kappa shape index (κ3) is 2.03. The van der Waals surface area contributed by atoms with Crippen molar-refractivity contribution in [3.63, 3.8) is 0 Å². The highest BCUT2D eigenvalue weighted by molar-refractivity contribution is 5.98. The maximum Gasteiger partial charge on any atom is 0.361 e. The Morgan fingerprint density at radius 1 is 1.53 bits per heavy atom. The van der Waals surface area contributed by atoms with E-state index in [-0.39, 0.29) is 29.3 Å². The predicted molar refractivity (Wildman–Crippen MR) is 63.6 cm³/mol. The Balaban J connectivity index is 2.73. The van der Waals surface area contributed by atoms with E-state index >= 15 is 0 Å². The number of ether oxygens (including phenoxy) is 1. The Labute approximate surface area is 106 Å². The molecule has 2 aromatic heterocycles. The van der Waals surface area contributed by atoms with Gasteiger partial charge in [0.25, 0.3) is 0 Å². The number of nitroso groups, excluding NO2 is 1. The van der Waals surface area contributed by atoms with Gasteiger partial charge in [0, 0.05) is 6.20 Å². The van der Waals surface area contributed by atoms with Crippen LogP contribution in [0.15, 0.2) is 23.5 Å². The highest BCUT2D eigenvalue weighted by atomic mass is 16.5. The fourth-order valence-corrected chi connectivity index (χ4v) is 1.65. The highest BCUT2D eigenvalue weighted by Crippen LogP contribution is 2.24. The number of nitrogens with zero attached hydrogens (tertiary/aromatic N) is 3. The molecule has 0 spiro atoms. The summed E-state index contributed by atoms with van der Waals surface area (Å²) in [5.41, 5.74) is -0.471. The average Bonchev–Trinajstić information content (AvgIpc) is 2.76. The van der Waals surface area contributed by atoms with Crippen molar-refractivity contribution in [2.45, 2.75) is 6.92 Å². The Morgan fingerprint density at radius 2 is 2.26 bits per heavy atom. The van der Waals surface area contributed by atoms with Crippen molar-refractivity contribution < 1.29 is 19.4 Å². The molecule has 0 fully saturated rings. The number of fused-ring (bicyclic) bond motifs is 1. The number of hydrogen-bond donors (Lipinski definition) is 1. The molecule has 0 aliphatic rings. The van der Waals surface area contributed by atoms with Crippen LogP contribution in [-0.4, -0.2) is 33.0 Å². The maximum absolute atomic E-state index is 11.6. The van der Waals surface area contributed by atoms with Gasteiger partial charge in [-0.05, 0) is 24.2 Å².